The summed E-state index contributed by atoms with van der Waals surface area (Å²) < 4.78 is 0. The van der Waals surface area contributed by atoms with Crippen LogP contribution >= 0.6 is 0 Å². The number of aliphatic carboxylic acids is 2. The summed E-state index contributed by atoms with van der Waals surface area (Å²) in [5.74, 6) is -9.11. The Bertz CT molecular complexity index is 863. The van der Waals surface area contributed by atoms with Gasteiger partial charge in [-0.05, 0) is 12.8 Å². The molecule has 0 heterocycles. The van der Waals surface area contributed by atoms with Gasteiger partial charge in [-0.3, -0.25) is 33.6 Å². The minimum absolute atomic E-state index is 0.192. The van der Waals surface area contributed by atoms with Crippen molar-refractivity contribution in [3.8, 4) is 0 Å². The molecule has 0 aromatic carbocycles. The Kier molecular flexibility index (Phi) is 13.0. The third kappa shape index (κ3) is 13.1. The summed E-state index contributed by atoms with van der Waals surface area (Å²) in [4.78, 5) is 92.8. The van der Waals surface area contributed by atoms with Crippen LogP contribution in [0.4, 0.5) is 0 Å². The second-order valence-electron chi connectivity index (χ2n) is 7.41. The molecule has 0 fully saturated rings. The van der Waals surface area contributed by atoms with Crippen LogP contribution in [-0.4, -0.2) is 81.8 Å². The fourth-order valence-corrected chi connectivity index (χ4v) is 2.59. The Labute approximate surface area is 198 Å². The molecule has 0 aromatic heterocycles. The van der Waals surface area contributed by atoms with Crippen molar-refractivity contribution in [3.05, 3.63) is 0 Å². The zero-order valence-corrected chi connectivity index (χ0v) is 18.5. The molecule has 0 rings (SSSR count). The van der Waals surface area contributed by atoms with E-state index >= 15 is 0 Å². The fourth-order valence-electron chi connectivity index (χ4n) is 2.59. The summed E-state index contributed by atoms with van der Waals surface area (Å²) in [6.07, 6.45) is -3.04. The molecule has 0 saturated heterocycles. The lowest BCUT2D eigenvalue weighted by atomic mass is 10.1. The lowest BCUT2D eigenvalue weighted by Crippen LogP contribution is -2.57. The molecule has 17 nitrogen and oxygen atoms in total. The largest absolute Gasteiger partial charge is 0.481 e. The summed E-state index contributed by atoms with van der Waals surface area (Å²) in [6, 6.07) is -6.43. The molecule has 13 N–H and O–H groups in total. The Morgan fingerprint density at radius 2 is 1.06 bits per heavy atom. The normalized spacial score (nSPS) is 13.9. The molecule has 0 saturated carbocycles. The Morgan fingerprint density at radius 1 is 0.600 bits per heavy atom. The summed E-state index contributed by atoms with van der Waals surface area (Å²) >= 11 is 0. The lowest BCUT2D eigenvalue weighted by Gasteiger charge is -2.24. The van der Waals surface area contributed by atoms with E-state index in [0.29, 0.717) is 0 Å². The van der Waals surface area contributed by atoms with Gasteiger partial charge in [0.25, 0.3) is 0 Å². The molecular weight excluding hydrogens is 474 g/mol. The van der Waals surface area contributed by atoms with Crippen molar-refractivity contribution in [2.75, 3.05) is 0 Å². The van der Waals surface area contributed by atoms with Crippen LogP contribution in [0.25, 0.3) is 0 Å². The van der Waals surface area contributed by atoms with E-state index in [-0.39, 0.29) is 12.8 Å². The number of hydrogen-bond donors (Lipinski definition) is 9. The Hall–Kier alpha value is -4.28. The summed E-state index contributed by atoms with van der Waals surface area (Å²) in [5, 5.41) is 24.4. The topological polar surface area (TPSA) is 317 Å². The maximum absolute atomic E-state index is 12.7. The Morgan fingerprint density at radius 3 is 1.51 bits per heavy atom. The molecule has 17 heteroatoms. The molecule has 0 aliphatic carbocycles. The number of nitrogens with two attached hydrogens (primary N) is 4. The van der Waals surface area contributed by atoms with E-state index in [1.807, 2.05) is 5.32 Å². The van der Waals surface area contributed by atoms with Gasteiger partial charge in [0, 0.05) is 12.8 Å². The number of carbonyl (C=O) groups is 8. The predicted molar refractivity (Wildman–Crippen MR) is 114 cm³/mol. The third-order valence-electron chi connectivity index (χ3n) is 4.38. The maximum Gasteiger partial charge on any atom is 0.326 e. The molecule has 4 atom stereocenters. The number of nitrogens with one attached hydrogen (secondary N) is 3. The highest BCUT2D eigenvalue weighted by molar-refractivity contribution is 5.96. The van der Waals surface area contributed by atoms with Crippen molar-refractivity contribution in [2.24, 2.45) is 22.9 Å². The van der Waals surface area contributed by atoms with Gasteiger partial charge in [-0.1, -0.05) is 0 Å². The minimum atomic E-state index is -1.76. The molecule has 35 heavy (non-hydrogen) atoms. The second-order valence-corrected chi connectivity index (χ2v) is 7.41. The first-order chi connectivity index (χ1) is 16.1. The molecule has 196 valence electrons. The molecule has 0 aliphatic rings. The van der Waals surface area contributed by atoms with E-state index in [9.17, 15) is 38.4 Å². The number of amides is 6. The smallest absolute Gasteiger partial charge is 0.326 e. The van der Waals surface area contributed by atoms with Gasteiger partial charge in [0.15, 0.2) is 0 Å². The summed E-state index contributed by atoms with van der Waals surface area (Å²) in [6.45, 7) is 0. The van der Waals surface area contributed by atoms with Crippen LogP contribution in [0.2, 0.25) is 0 Å². The minimum Gasteiger partial charge on any atom is -0.481 e. The average Bonchev–Trinajstić information content (AvgIpc) is 2.72. The van der Waals surface area contributed by atoms with Crippen LogP contribution < -0.4 is 38.9 Å². The van der Waals surface area contributed by atoms with Crippen LogP contribution in [0.3, 0.4) is 0 Å². The van der Waals surface area contributed by atoms with Gasteiger partial charge in [0.05, 0.1) is 18.9 Å². The van der Waals surface area contributed by atoms with E-state index in [4.69, 9.17) is 33.1 Å². The number of primary amides is 3. The first-order valence-corrected chi connectivity index (χ1v) is 10.1. The highest BCUT2D eigenvalue weighted by Crippen LogP contribution is 2.04. The van der Waals surface area contributed by atoms with Crippen molar-refractivity contribution in [3.63, 3.8) is 0 Å². The van der Waals surface area contributed by atoms with Gasteiger partial charge in [-0.25, -0.2) is 4.79 Å². The molecule has 0 radical (unpaired) electrons. The fraction of sp³-hybridized carbons (Fsp3) is 0.556. The van der Waals surface area contributed by atoms with E-state index in [2.05, 4.69) is 10.6 Å². The van der Waals surface area contributed by atoms with Gasteiger partial charge in [0.1, 0.15) is 18.1 Å². The average molecular weight is 503 g/mol. The maximum atomic E-state index is 12.7. The van der Waals surface area contributed by atoms with Crippen LogP contribution in [0, 0.1) is 0 Å². The number of carboxylic acid groups (broad SMARTS) is 2. The number of rotatable bonds is 17. The van der Waals surface area contributed by atoms with Gasteiger partial charge in [-0.15, -0.1) is 0 Å². The van der Waals surface area contributed by atoms with Crippen LogP contribution in [0.5, 0.6) is 0 Å². The van der Waals surface area contributed by atoms with Crippen molar-refractivity contribution in [1.82, 2.24) is 16.0 Å². The van der Waals surface area contributed by atoms with Gasteiger partial charge >= 0.3 is 11.9 Å². The zero-order chi connectivity index (χ0) is 27.3. The van der Waals surface area contributed by atoms with E-state index < -0.39 is 97.2 Å². The first kappa shape index (κ1) is 30.7. The number of carboxylic acids is 2. The van der Waals surface area contributed by atoms with E-state index in [1.165, 1.54) is 0 Å². The number of carbonyl (C=O) groups excluding carboxylic acids is 6. The second kappa shape index (κ2) is 14.8. The molecule has 0 aliphatic heterocycles. The molecule has 4 unspecified atom stereocenters. The van der Waals surface area contributed by atoms with Crippen molar-refractivity contribution >= 4 is 47.4 Å². The van der Waals surface area contributed by atoms with E-state index in [1.54, 1.807) is 0 Å². The molecular formula is C18H29N7O10. The van der Waals surface area contributed by atoms with Gasteiger partial charge in [0.2, 0.25) is 35.4 Å². The monoisotopic (exact) mass is 503 g/mol. The Balaban J connectivity index is 5.59. The SMILES string of the molecule is NC(=O)CCC(N)C(=O)NC(CC(=O)O)C(=O)NC(CCC(N)=O)C(=O)NC(CC(N)=O)C(=O)O. The molecule has 0 spiro atoms. The predicted octanol–water partition coefficient (Wildman–Crippen LogP) is -5.27. The summed E-state index contributed by atoms with van der Waals surface area (Å²) in [5.41, 5.74) is 20.5. The van der Waals surface area contributed by atoms with Crippen molar-refractivity contribution in [1.29, 1.82) is 0 Å². The molecule has 0 bridgehead atoms. The van der Waals surface area contributed by atoms with Crippen LogP contribution in [0.1, 0.15) is 38.5 Å². The third-order valence-corrected chi connectivity index (χ3v) is 4.38. The standard InChI is InChI=1S/C18H29N7O10/c19-7(1-3-11(20)26)15(31)24-9(6-14(29)30)17(33)23-8(2-4-12(21)27)16(32)25-10(18(34)35)5-13(22)28/h7-10H,1-6,19H2,(H2,20,26)(H2,21,27)(H2,22,28)(H,23,33)(H,24,31)(H,25,32)(H,29,30)(H,34,35). The highest BCUT2D eigenvalue weighted by Gasteiger charge is 2.32. The van der Waals surface area contributed by atoms with Crippen molar-refractivity contribution in [2.45, 2.75) is 62.7 Å². The molecule has 0 aromatic rings. The van der Waals surface area contributed by atoms with Gasteiger partial charge in [-0.2, -0.15) is 0 Å². The zero-order valence-electron chi connectivity index (χ0n) is 18.5. The number of hydrogen-bond acceptors (Lipinski definition) is 9. The van der Waals surface area contributed by atoms with Crippen molar-refractivity contribution < 1.29 is 48.6 Å². The van der Waals surface area contributed by atoms with Gasteiger partial charge < -0.3 is 49.1 Å². The van der Waals surface area contributed by atoms with E-state index in [0.717, 1.165) is 0 Å². The quantitative estimate of drug-likeness (QED) is 0.0902. The molecule has 6 amide bonds. The van der Waals surface area contributed by atoms with Crippen LogP contribution in [-0.2, 0) is 38.4 Å². The lowest BCUT2D eigenvalue weighted by molar-refractivity contribution is -0.144. The van der Waals surface area contributed by atoms with Crippen LogP contribution in [0.15, 0.2) is 0 Å². The first-order valence-electron chi connectivity index (χ1n) is 10.1. The highest BCUT2D eigenvalue weighted by atomic mass is 16.4. The summed E-state index contributed by atoms with van der Waals surface area (Å²) in [7, 11) is 0.